The molecule has 2 N–H and O–H groups in total. The smallest absolute Gasteiger partial charge is 0.233 e. The molecule has 5 nitrogen and oxygen atoms in total. The summed E-state index contributed by atoms with van der Waals surface area (Å²) in [4.78, 5) is 8.01. The maximum atomic E-state index is 5.78. The number of anilines is 1. The third-order valence-corrected chi connectivity index (χ3v) is 1.94. The van der Waals surface area contributed by atoms with Crippen LogP contribution in [0.3, 0.4) is 0 Å². The average Bonchev–Trinajstić information content (AvgIpc) is 2.14. The van der Waals surface area contributed by atoms with Crippen molar-refractivity contribution in [2.75, 3.05) is 12.4 Å². The number of methoxy groups -OCH3 is 1. The minimum absolute atomic E-state index is 0.237. The number of hydrogen-bond donors (Lipinski definition) is 2. The third kappa shape index (κ3) is 4.16. The fraction of sp³-hybridized carbons (Fsp3) is 0.444. The van der Waals surface area contributed by atoms with Crippen LogP contribution in [0.2, 0.25) is 5.15 Å². The molecule has 88 valence electrons. The summed E-state index contributed by atoms with van der Waals surface area (Å²) < 4.78 is 4.96. The Morgan fingerprint density at radius 2 is 2.19 bits per heavy atom. The first-order chi connectivity index (χ1) is 7.51. The third-order valence-electron chi connectivity index (χ3n) is 1.53. The molecule has 0 radical (unpaired) electrons. The van der Waals surface area contributed by atoms with Crippen molar-refractivity contribution >= 4 is 34.9 Å². The second kappa shape index (κ2) is 5.81. The lowest BCUT2D eigenvalue weighted by Gasteiger charge is -2.12. The van der Waals surface area contributed by atoms with Crippen molar-refractivity contribution in [2.45, 2.75) is 19.9 Å². The number of hydrogen-bond acceptors (Lipinski definition) is 4. The number of nitrogens with zero attached hydrogens (tertiary/aromatic N) is 2. The average molecular weight is 261 g/mol. The Hall–Kier alpha value is -1.14. The number of thiocarbonyl (C=S) groups is 1. The Balaban J connectivity index is 2.73. The lowest BCUT2D eigenvalue weighted by atomic mass is 10.4. The number of nitrogens with one attached hydrogen (secondary N) is 2. The summed E-state index contributed by atoms with van der Waals surface area (Å²) in [5.74, 6) is 0.692. The predicted octanol–water partition coefficient (Wildman–Crippen LogP) is 1.83. The van der Waals surface area contributed by atoms with Gasteiger partial charge in [0.2, 0.25) is 11.8 Å². The van der Waals surface area contributed by atoms with E-state index in [1.165, 1.54) is 13.2 Å². The fourth-order valence-corrected chi connectivity index (χ4v) is 1.46. The fourth-order valence-electron chi connectivity index (χ4n) is 0.957. The molecule has 0 saturated carbocycles. The summed E-state index contributed by atoms with van der Waals surface area (Å²) in [6, 6.07) is 1.76. The van der Waals surface area contributed by atoms with Gasteiger partial charge in [-0.05, 0) is 26.1 Å². The van der Waals surface area contributed by atoms with Crippen molar-refractivity contribution in [2.24, 2.45) is 0 Å². The molecule has 1 rings (SSSR count). The van der Waals surface area contributed by atoms with E-state index in [1.807, 2.05) is 13.8 Å². The number of ether oxygens (including phenoxy) is 1. The van der Waals surface area contributed by atoms with Crippen LogP contribution < -0.4 is 15.4 Å². The molecule has 0 saturated heterocycles. The van der Waals surface area contributed by atoms with E-state index in [4.69, 9.17) is 28.6 Å². The quantitative estimate of drug-likeness (QED) is 0.639. The van der Waals surface area contributed by atoms with Crippen molar-refractivity contribution < 1.29 is 4.74 Å². The van der Waals surface area contributed by atoms with Gasteiger partial charge < -0.3 is 15.4 Å². The summed E-state index contributed by atoms with van der Waals surface area (Å²) in [5.41, 5.74) is 0. The highest BCUT2D eigenvalue weighted by Gasteiger charge is 2.05. The lowest BCUT2D eigenvalue weighted by molar-refractivity contribution is 0.397. The SMILES string of the molecule is COc1cc(Cl)nc(NC(=S)NC(C)C)n1. The zero-order valence-electron chi connectivity index (χ0n) is 9.24. The molecule has 1 aromatic rings. The Morgan fingerprint density at radius 1 is 1.50 bits per heavy atom. The Labute approximate surface area is 105 Å². The van der Waals surface area contributed by atoms with Crippen LogP contribution in [0.5, 0.6) is 5.88 Å². The molecule has 0 unspecified atom stereocenters. The van der Waals surface area contributed by atoms with E-state index in [-0.39, 0.29) is 6.04 Å². The molecule has 0 aromatic carbocycles. The van der Waals surface area contributed by atoms with Gasteiger partial charge in [0.15, 0.2) is 5.11 Å². The van der Waals surface area contributed by atoms with E-state index in [1.54, 1.807) is 0 Å². The second-order valence-electron chi connectivity index (χ2n) is 3.31. The summed E-state index contributed by atoms with van der Waals surface area (Å²) in [6.07, 6.45) is 0. The van der Waals surface area contributed by atoms with Gasteiger partial charge in [-0.3, -0.25) is 0 Å². The zero-order valence-corrected chi connectivity index (χ0v) is 10.8. The zero-order chi connectivity index (χ0) is 12.1. The Morgan fingerprint density at radius 3 is 2.75 bits per heavy atom. The highest BCUT2D eigenvalue weighted by atomic mass is 35.5. The van der Waals surface area contributed by atoms with Gasteiger partial charge in [-0.1, -0.05) is 11.6 Å². The van der Waals surface area contributed by atoms with Crippen LogP contribution in [0.25, 0.3) is 0 Å². The van der Waals surface area contributed by atoms with Crippen molar-refractivity contribution in [1.29, 1.82) is 0 Å². The van der Waals surface area contributed by atoms with E-state index in [0.29, 0.717) is 22.1 Å². The number of rotatable bonds is 3. The Bertz CT molecular complexity index is 386. The Kier molecular flexibility index (Phi) is 4.70. The minimum Gasteiger partial charge on any atom is -0.481 e. The van der Waals surface area contributed by atoms with Crippen LogP contribution in [0.1, 0.15) is 13.8 Å². The van der Waals surface area contributed by atoms with E-state index < -0.39 is 0 Å². The molecule has 7 heteroatoms. The second-order valence-corrected chi connectivity index (χ2v) is 4.11. The van der Waals surface area contributed by atoms with E-state index in [9.17, 15) is 0 Å². The molecular weight excluding hydrogens is 248 g/mol. The normalized spacial score (nSPS) is 10.1. The monoisotopic (exact) mass is 260 g/mol. The van der Waals surface area contributed by atoms with E-state index in [2.05, 4.69) is 20.6 Å². The van der Waals surface area contributed by atoms with Crippen molar-refractivity contribution in [3.63, 3.8) is 0 Å². The van der Waals surface area contributed by atoms with Gasteiger partial charge in [-0.15, -0.1) is 0 Å². The largest absolute Gasteiger partial charge is 0.481 e. The van der Waals surface area contributed by atoms with Crippen molar-refractivity contribution in [3.8, 4) is 5.88 Å². The molecule has 0 aliphatic carbocycles. The van der Waals surface area contributed by atoms with Gasteiger partial charge in [-0.2, -0.15) is 4.98 Å². The van der Waals surface area contributed by atoms with Gasteiger partial charge in [0, 0.05) is 12.1 Å². The summed E-state index contributed by atoms with van der Waals surface area (Å²) in [5, 5.41) is 6.56. The van der Waals surface area contributed by atoms with Crippen molar-refractivity contribution in [1.82, 2.24) is 15.3 Å². The van der Waals surface area contributed by atoms with Gasteiger partial charge in [0.05, 0.1) is 7.11 Å². The van der Waals surface area contributed by atoms with Crippen LogP contribution in [0, 0.1) is 0 Å². The molecule has 0 atom stereocenters. The summed E-state index contributed by atoms with van der Waals surface area (Å²) >= 11 is 10.8. The first-order valence-electron chi connectivity index (χ1n) is 4.67. The van der Waals surface area contributed by atoms with Crippen LogP contribution in [0.15, 0.2) is 6.07 Å². The highest BCUT2D eigenvalue weighted by molar-refractivity contribution is 7.80. The van der Waals surface area contributed by atoms with Crippen LogP contribution in [0.4, 0.5) is 5.95 Å². The van der Waals surface area contributed by atoms with Gasteiger partial charge in [0.1, 0.15) is 5.15 Å². The molecule has 0 bridgehead atoms. The molecule has 1 heterocycles. The molecular formula is C9H13ClN4OS. The minimum atomic E-state index is 0.237. The van der Waals surface area contributed by atoms with E-state index >= 15 is 0 Å². The van der Waals surface area contributed by atoms with Gasteiger partial charge in [-0.25, -0.2) is 4.98 Å². The maximum absolute atomic E-state index is 5.78. The first kappa shape index (κ1) is 12.9. The molecule has 0 aliphatic rings. The topological polar surface area (TPSA) is 59.1 Å². The first-order valence-corrected chi connectivity index (χ1v) is 5.46. The summed E-state index contributed by atoms with van der Waals surface area (Å²) in [6.45, 7) is 3.96. The molecule has 0 spiro atoms. The maximum Gasteiger partial charge on any atom is 0.233 e. The van der Waals surface area contributed by atoms with Crippen molar-refractivity contribution in [3.05, 3.63) is 11.2 Å². The number of aromatic nitrogens is 2. The van der Waals surface area contributed by atoms with Crippen LogP contribution >= 0.6 is 23.8 Å². The highest BCUT2D eigenvalue weighted by Crippen LogP contribution is 2.15. The molecule has 1 aromatic heterocycles. The molecule has 16 heavy (non-hydrogen) atoms. The molecule has 0 aliphatic heterocycles. The van der Waals surface area contributed by atoms with Gasteiger partial charge >= 0.3 is 0 Å². The molecule has 0 fully saturated rings. The van der Waals surface area contributed by atoms with Crippen LogP contribution in [-0.2, 0) is 0 Å². The lowest BCUT2D eigenvalue weighted by Crippen LogP contribution is -2.34. The van der Waals surface area contributed by atoms with Gasteiger partial charge in [0.25, 0.3) is 0 Å². The predicted molar refractivity (Wildman–Crippen MR) is 68.1 cm³/mol. The standard InChI is InChI=1S/C9H13ClN4OS/c1-5(2)11-9(16)14-8-12-6(10)4-7(13-8)15-3/h4-5H,1-3H3,(H2,11,12,13,14,16). The summed E-state index contributed by atoms with van der Waals surface area (Å²) in [7, 11) is 1.51. The van der Waals surface area contributed by atoms with E-state index in [0.717, 1.165) is 0 Å². The van der Waals surface area contributed by atoms with Crippen LogP contribution in [-0.4, -0.2) is 28.2 Å². The molecule has 0 amide bonds. The number of halogens is 1.